The van der Waals surface area contributed by atoms with Crippen LogP contribution in [0.5, 0.6) is 23.0 Å². The molecule has 29 heavy (non-hydrogen) atoms. The summed E-state index contributed by atoms with van der Waals surface area (Å²) in [7, 11) is 0. The van der Waals surface area contributed by atoms with E-state index in [0.717, 1.165) is 12.1 Å². The lowest BCUT2D eigenvalue weighted by molar-refractivity contribution is 0.0734. The number of carbonyl (C=O) groups excluding carboxylic acids is 2. The highest BCUT2D eigenvalue weighted by Crippen LogP contribution is 2.35. The van der Waals surface area contributed by atoms with Crippen LogP contribution in [0.2, 0.25) is 0 Å². The van der Waals surface area contributed by atoms with Crippen LogP contribution < -0.4 is 10.2 Å². The molecule has 0 bridgehead atoms. The number of carbonyl (C=O) groups is 2. The second-order valence-electron chi connectivity index (χ2n) is 5.89. The highest BCUT2D eigenvalue weighted by atomic mass is 16.5. The molecule has 0 saturated carbocycles. The Labute approximate surface area is 165 Å². The Hall–Kier alpha value is -4.33. The number of nitrogens with zero attached hydrogens (tertiary/aromatic N) is 1. The molecule has 8 nitrogen and oxygen atoms in total. The zero-order valence-electron chi connectivity index (χ0n) is 14.9. The Morgan fingerprint density at radius 1 is 0.862 bits per heavy atom. The van der Waals surface area contributed by atoms with E-state index in [4.69, 9.17) is 4.74 Å². The van der Waals surface area contributed by atoms with Gasteiger partial charge in [-0.3, -0.25) is 4.79 Å². The number of nitrogens with one attached hydrogen (secondary N) is 1. The number of phenolic OH excluding ortho intramolecular Hbond substituents is 3. The standard InChI is InChI=1S/C21H16N2O6/c24-17-10-15(11-18(25)19(17)26)20(27)23-22-12-13-6-8-16(9-7-13)29-21(28)14-4-2-1-3-5-14/h1-12,24-26H,(H,23,27)/b22-12+. The minimum atomic E-state index is -0.710. The third-order valence-electron chi connectivity index (χ3n) is 3.81. The first-order valence-electron chi connectivity index (χ1n) is 8.39. The van der Waals surface area contributed by atoms with Gasteiger partial charge in [0.1, 0.15) is 5.75 Å². The number of ether oxygens (including phenoxy) is 1. The molecule has 146 valence electrons. The molecule has 0 aromatic heterocycles. The van der Waals surface area contributed by atoms with Crippen molar-refractivity contribution < 1.29 is 29.6 Å². The van der Waals surface area contributed by atoms with Gasteiger partial charge in [-0.05, 0) is 54.1 Å². The lowest BCUT2D eigenvalue weighted by atomic mass is 10.2. The normalized spacial score (nSPS) is 10.6. The molecular formula is C21H16N2O6. The van der Waals surface area contributed by atoms with Gasteiger partial charge in [0.05, 0.1) is 11.8 Å². The summed E-state index contributed by atoms with van der Waals surface area (Å²) >= 11 is 0. The van der Waals surface area contributed by atoms with E-state index >= 15 is 0 Å². The van der Waals surface area contributed by atoms with E-state index in [2.05, 4.69) is 10.5 Å². The van der Waals surface area contributed by atoms with Crippen LogP contribution in [0.25, 0.3) is 0 Å². The topological polar surface area (TPSA) is 128 Å². The molecule has 0 aliphatic heterocycles. The number of esters is 1. The van der Waals surface area contributed by atoms with E-state index in [1.54, 1.807) is 54.6 Å². The van der Waals surface area contributed by atoms with E-state index in [9.17, 15) is 24.9 Å². The summed E-state index contributed by atoms with van der Waals surface area (Å²) in [5.74, 6) is -2.77. The van der Waals surface area contributed by atoms with E-state index in [0.29, 0.717) is 16.9 Å². The first kappa shape index (κ1) is 19.4. The average Bonchev–Trinajstić information content (AvgIpc) is 2.73. The Kier molecular flexibility index (Phi) is 5.74. The van der Waals surface area contributed by atoms with Gasteiger partial charge in [0.15, 0.2) is 17.2 Å². The van der Waals surface area contributed by atoms with Crippen molar-refractivity contribution in [2.75, 3.05) is 0 Å². The quantitative estimate of drug-likeness (QED) is 0.174. The van der Waals surface area contributed by atoms with Crippen molar-refractivity contribution in [1.82, 2.24) is 5.43 Å². The van der Waals surface area contributed by atoms with Gasteiger partial charge in [-0.2, -0.15) is 5.10 Å². The fourth-order valence-corrected chi connectivity index (χ4v) is 2.33. The van der Waals surface area contributed by atoms with E-state index in [1.807, 2.05) is 0 Å². The van der Waals surface area contributed by atoms with Gasteiger partial charge >= 0.3 is 5.97 Å². The number of benzene rings is 3. The smallest absolute Gasteiger partial charge is 0.343 e. The molecule has 4 N–H and O–H groups in total. The molecule has 0 heterocycles. The number of phenols is 3. The van der Waals surface area contributed by atoms with Crippen molar-refractivity contribution in [1.29, 1.82) is 0 Å². The third-order valence-corrected chi connectivity index (χ3v) is 3.81. The van der Waals surface area contributed by atoms with Gasteiger partial charge in [-0.1, -0.05) is 18.2 Å². The molecule has 0 fully saturated rings. The predicted molar refractivity (Wildman–Crippen MR) is 104 cm³/mol. The Balaban J connectivity index is 1.59. The molecule has 0 spiro atoms. The molecule has 0 aliphatic rings. The Morgan fingerprint density at radius 3 is 2.10 bits per heavy atom. The maximum atomic E-state index is 12.0. The van der Waals surface area contributed by atoms with Crippen LogP contribution in [-0.2, 0) is 0 Å². The Morgan fingerprint density at radius 2 is 1.48 bits per heavy atom. The van der Waals surface area contributed by atoms with Crippen LogP contribution in [-0.4, -0.2) is 33.4 Å². The molecule has 0 atom stereocenters. The van der Waals surface area contributed by atoms with Crippen molar-refractivity contribution >= 4 is 18.1 Å². The summed E-state index contributed by atoms with van der Waals surface area (Å²) in [6.45, 7) is 0. The molecule has 3 rings (SSSR count). The van der Waals surface area contributed by atoms with Gasteiger partial charge < -0.3 is 20.1 Å². The van der Waals surface area contributed by atoms with E-state index in [1.165, 1.54) is 6.21 Å². The summed E-state index contributed by atoms with van der Waals surface area (Å²) in [5, 5.41) is 31.9. The van der Waals surface area contributed by atoms with Gasteiger partial charge in [-0.15, -0.1) is 0 Å². The van der Waals surface area contributed by atoms with Crippen molar-refractivity contribution in [2.24, 2.45) is 5.10 Å². The first-order valence-corrected chi connectivity index (χ1v) is 8.39. The van der Waals surface area contributed by atoms with Crippen LogP contribution in [0.1, 0.15) is 26.3 Å². The second kappa shape index (κ2) is 8.57. The van der Waals surface area contributed by atoms with Crippen molar-refractivity contribution in [3.63, 3.8) is 0 Å². The molecule has 0 aliphatic carbocycles. The van der Waals surface area contributed by atoms with Crippen molar-refractivity contribution in [2.45, 2.75) is 0 Å². The van der Waals surface area contributed by atoms with E-state index in [-0.39, 0.29) is 5.56 Å². The lowest BCUT2D eigenvalue weighted by Crippen LogP contribution is -2.17. The fourth-order valence-electron chi connectivity index (χ4n) is 2.33. The van der Waals surface area contributed by atoms with Crippen LogP contribution in [0.3, 0.4) is 0 Å². The molecule has 1 amide bonds. The van der Waals surface area contributed by atoms with Crippen LogP contribution in [0.4, 0.5) is 0 Å². The summed E-state index contributed by atoms with van der Waals surface area (Å²) in [6.07, 6.45) is 1.36. The summed E-state index contributed by atoms with van der Waals surface area (Å²) in [6, 6.07) is 17.0. The zero-order chi connectivity index (χ0) is 20.8. The van der Waals surface area contributed by atoms with Gasteiger partial charge in [0.2, 0.25) is 0 Å². The number of aromatic hydroxyl groups is 3. The Bertz CT molecular complexity index is 1040. The predicted octanol–water partition coefficient (Wildman–Crippen LogP) is 2.79. The lowest BCUT2D eigenvalue weighted by Gasteiger charge is -2.05. The SMILES string of the molecule is O=C(N/N=C/c1ccc(OC(=O)c2ccccc2)cc1)c1cc(O)c(O)c(O)c1. The van der Waals surface area contributed by atoms with Crippen molar-refractivity contribution in [3.8, 4) is 23.0 Å². The van der Waals surface area contributed by atoms with Gasteiger partial charge in [-0.25, -0.2) is 10.2 Å². The van der Waals surface area contributed by atoms with E-state index < -0.39 is 29.1 Å². The van der Waals surface area contributed by atoms with Gasteiger partial charge in [0.25, 0.3) is 5.91 Å². The highest BCUT2D eigenvalue weighted by Gasteiger charge is 2.13. The molecule has 0 saturated heterocycles. The molecule has 0 radical (unpaired) electrons. The molecule has 8 heteroatoms. The van der Waals surface area contributed by atoms with Crippen molar-refractivity contribution in [3.05, 3.63) is 83.4 Å². The van der Waals surface area contributed by atoms with Crippen LogP contribution >= 0.6 is 0 Å². The molecule has 3 aromatic carbocycles. The highest BCUT2D eigenvalue weighted by molar-refractivity contribution is 5.96. The maximum Gasteiger partial charge on any atom is 0.343 e. The molecular weight excluding hydrogens is 376 g/mol. The summed E-state index contributed by atoms with van der Waals surface area (Å²) in [4.78, 5) is 24.0. The third kappa shape index (κ3) is 4.89. The average molecular weight is 392 g/mol. The molecule has 3 aromatic rings. The number of hydrogen-bond acceptors (Lipinski definition) is 7. The number of amides is 1. The number of hydrazone groups is 1. The minimum absolute atomic E-state index is 0.0851. The van der Waals surface area contributed by atoms with Gasteiger partial charge in [0, 0.05) is 5.56 Å². The maximum absolute atomic E-state index is 12.0. The fraction of sp³-hybridized carbons (Fsp3) is 0. The van der Waals surface area contributed by atoms with Crippen LogP contribution in [0.15, 0.2) is 71.8 Å². The summed E-state index contributed by atoms with van der Waals surface area (Å²) < 4.78 is 5.27. The second-order valence-corrected chi connectivity index (χ2v) is 5.89. The summed E-state index contributed by atoms with van der Waals surface area (Å²) in [5.41, 5.74) is 3.21. The molecule has 0 unspecified atom stereocenters. The first-order chi connectivity index (χ1) is 13.9. The monoisotopic (exact) mass is 392 g/mol. The number of hydrogen-bond donors (Lipinski definition) is 4. The zero-order valence-corrected chi connectivity index (χ0v) is 14.9. The number of rotatable bonds is 5. The van der Waals surface area contributed by atoms with Crippen LogP contribution in [0, 0.1) is 0 Å². The largest absolute Gasteiger partial charge is 0.504 e. The minimum Gasteiger partial charge on any atom is -0.504 e.